The molecule has 0 atom stereocenters. The molecule has 0 aliphatic rings. The van der Waals surface area contributed by atoms with Crippen molar-refractivity contribution in [3.63, 3.8) is 0 Å². The maximum absolute atomic E-state index is 11.8. The number of furan rings is 1. The molecule has 0 saturated carbocycles. The molecular formula is C17H24N2O3. The number of rotatable bonds is 8. The Hall–Kier alpha value is -2.01. The van der Waals surface area contributed by atoms with Crippen molar-refractivity contribution in [1.82, 2.24) is 9.47 Å². The van der Waals surface area contributed by atoms with E-state index in [1.165, 1.54) is 12.3 Å². The topological polar surface area (TPSA) is 58.6 Å². The summed E-state index contributed by atoms with van der Waals surface area (Å²) < 4.78 is 7.24. The normalized spacial score (nSPS) is 11.2. The Balaban J connectivity index is 2.24. The van der Waals surface area contributed by atoms with Gasteiger partial charge in [0.2, 0.25) is 5.43 Å². The van der Waals surface area contributed by atoms with Crippen molar-refractivity contribution in [2.75, 3.05) is 13.1 Å². The first-order chi connectivity index (χ1) is 10.6. The highest BCUT2D eigenvalue weighted by atomic mass is 16.3. The molecule has 22 heavy (non-hydrogen) atoms. The fourth-order valence-corrected chi connectivity index (χ4v) is 2.42. The highest BCUT2D eigenvalue weighted by Crippen LogP contribution is 2.12. The lowest BCUT2D eigenvalue weighted by atomic mass is 10.2. The fraction of sp³-hybridized carbons (Fsp3) is 0.471. The van der Waals surface area contributed by atoms with Gasteiger partial charge in [0, 0.05) is 18.3 Å². The van der Waals surface area contributed by atoms with E-state index in [1.54, 1.807) is 6.26 Å². The maximum atomic E-state index is 11.8. The van der Waals surface area contributed by atoms with Crippen LogP contribution in [0.4, 0.5) is 0 Å². The summed E-state index contributed by atoms with van der Waals surface area (Å²) in [5, 5.41) is 9.71. The molecule has 5 nitrogen and oxygen atoms in total. The van der Waals surface area contributed by atoms with E-state index in [-0.39, 0.29) is 11.2 Å². The van der Waals surface area contributed by atoms with Gasteiger partial charge >= 0.3 is 0 Å². The number of hydrogen-bond donors (Lipinski definition) is 1. The van der Waals surface area contributed by atoms with Gasteiger partial charge in [-0.05, 0) is 31.6 Å². The first-order valence-corrected chi connectivity index (χ1v) is 7.81. The van der Waals surface area contributed by atoms with Crippen molar-refractivity contribution in [2.24, 2.45) is 0 Å². The van der Waals surface area contributed by atoms with E-state index in [9.17, 15) is 9.90 Å². The summed E-state index contributed by atoms with van der Waals surface area (Å²) in [7, 11) is 0. The van der Waals surface area contributed by atoms with Crippen LogP contribution in [0.1, 0.15) is 38.1 Å². The predicted molar refractivity (Wildman–Crippen MR) is 86.0 cm³/mol. The average molecular weight is 304 g/mol. The Morgan fingerprint density at radius 2 is 2.18 bits per heavy atom. The van der Waals surface area contributed by atoms with Gasteiger partial charge in [-0.1, -0.05) is 20.3 Å². The number of nitrogens with zero attached hydrogens (tertiary/aromatic N) is 2. The van der Waals surface area contributed by atoms with Gasteiger partial charge in [0.1, 0.15) is 5.76 Å². The SMILES string of the molecule is CCCCN(CC)Cc1cc(=O)c(O)cn1Cc1ccco1. The number of pyridine rings is 1. The summed E-state index contributed by atoms with van der Waals surface area (Å²) in [6.45, 7) is 7.40. The minimum atomic E-state index is -0.336. The Kier molecular flexibility index (Phi) is 5.83. The number of aromatic nitrogens is 1. The molecule has 2 heterocycles. The molecule has 0 unspecified atom stereocenters. The second-order valence-electron chi connectivity index (χ2n) is 5.44. The quantitative estimate of drug-likeness (QED) is 0.814. The van der Waals surface area contributed by atoms with Crippen LogP contribution < -0.4 is 5.43 Å². The summed E-state index contributed by atoms with van der Waals surface area (Å²) in [4.78, 5) is 14.1. The van der Waals surface area contributed by atoms with Gasteiger partial charge in [0.25, 0.3) is 0 Å². The van der Waals surface area contributed by atoms with Crippen molar-refractivity contribution in [3.05, 3.63) is 52.3 Å². The van der Waals surface area contributed by atoms with Crippen LogP contribution in [-0.2, 0) is 13.1 Å². The van der Waals surface area contributed by atoms with Crippen LogP contribution in [0, 0.1) is 0 Å². The third-order valence-electron chi connectivity index (χ3n) is 3.76. The van der Waals surface area contributed by atoms with Gasteiger partial charge < -0.3 is 14.1 Å². The van der Waals surface area contributed by atoms with Crippen molar-refractivity contribution in [3.8, 4) is 5.75 Å². The predicted octanol–water partition coefficient (Wildman–Crippen LogP) is 2.82. The number of aromatic hydroxyl groups is 1. The maximum Gasteiger partial charge on any atom is 0.223 e. The Morgan fingerprint density at radius 3 is 2.82 bits per heavy atom. The summed E-state index contributed by atoms with van der Waals surface area (Å²) >= 11 is 0. The second kappa shape index (κ2) is 7.84. The van der Waals surface area contributed by atoms with Crippen LogP contribution in [0.5, 0.6) is 5.75 Å². The highest BCUT2D eigenvalue weighted by molar-refractivity contribution is 5.21. The molecule has 120 valence electrons. The van der Waals surface area contributed by atoms with Gasteiger partial charge in [-0.15, -0.1) is 0 Å². The van der Waals surface area contributed by atoms with E-state index >= 15 is 0 Å². The molecule has 2 aromatic rings. The summed E-state index contributed by atoms with van der Waals surface area (Å²) in [5.74, 6) is 0.563. The Bertz CT molecular complexity index is 632. The molecule has 5 heteroatoms. The highest BCUT2D eigenvalue weighted by Gasteiger charge is 2.11. The van der Waals surface area contributed by atoms with E-state index in [0.29, 0.717) is 13.1 Å². The van der Waals surface area contributed by atoms with E-state index in [1.807, 2.05) is 16.7 Å². The molecular weight excluding hydrogens is 280 g/mol. The van der Waals surface area contributed by atoms with Gasteiger partial charge in [0.15, 0.2) is 5.75 Å². The fourth-order valence-electron chi connectivity index (χ4n) is 2.42. The lowest BCUT2D eigenvalue weighted by Gasteiger charge is -2.22. The molecule has 0 spiro atoms. The first kappa shape index (κ1) is 16.4. The van der Waals surface area contributed by atoms with E-state index in [4.69, 9.17) is 4.42 Å². The molecule has 0 aliphatic heterocycles. The van der Waals surface area contributed by atoms with Crippen LogP contribution in [0.15, 0.2) is 39.9 Å². The third kappa shape index (κ3) is 4.24. The lowest BCUT2D eigenvalue weighted by Crippen LogP contribution is -2.27. The largest absolute Gasteiger partial charge is 0.503 e. The van der Waals surface area contributed by atoms with Crippen molar-refractivity contribution in [1.29, 1.82) is 0 Å². The van der Waals surface area contributed by atoms with Crippen LogP contribution in [0.3, 0.4) is 0 Å². The summed E-state index contributed by atoms with van der Waals surface area (Å²) in [6, 6.07) is 5.23. The molecule has 0 radical (unpaired) electrons. The monoisotopic (exact) mass is 304 g/mol. The van der Waals surface area contributed by atoms with Crippen LogP contribution in [-0.4, -0.2) is 27.7 Å². The zero-order chi connectivity index (χ0) is 15.9. The van der Waals surface area contributed by atoms with Gasteiger partial charge in [-0.2, -0.15) is 0 Å². The Labute approximate surface area is 130 Å². The van der Waals surface area contributed by atoms with Gasteiger partial charge in [-0.3, -0.25) is 9.69 Å². The molecule has 0 aliphatic carbocycles. The second-order valence-corrected chi connectivity index (χ2v) is 5.44. The number of unbranched alkanes of at least 4 members (excludes halogenated alkanes) is 1. The molecule has 0 amide bonds. The standard InChI is InChI=1S/C17H24N2O3/c1-3-5-8-18(4-2)11-14-10-16(20)17(21)13-19(14)12-15-7-6-9-22-15/h6-7,9-10,13,21H,3-5,8,11-12H2,1-2H3. The molecule has 2 rings (SSSR count). The first-order valence-electron chi connectivity index (χ1n) is 7.81. The zero-order valence-corrected chi connectivity index (χ0v) is 13.3. The van der Waals surface area contributed by atoms with E-state index in [2.05, 4.69) is 18.7 Å². The average Bonchev–Trinajstić information content (AvgIpc) is 3.01. The van der Waals surface area contributed by atoms with E-state index in [0.717, 1.165) is 37.4 Å². The van der Waals surface area contributed by atoms with Gasteiger partial charge in [0.05, 0.1) is 19.0 Å². The number of hydrogen-bond acceptors (Lipinski definition) is 4. The molecule has 1 N–H and O–H groups in total. The third-order valence-corrected chi connectivity index (χ3v) is 3.76. The molecule has 0 bridgehead atoms. The zero-order valence-electron chi connectivity index (χ0n) is 13.3. The lowest BCUT2D eigenvalue weighted by molar-refractivity contribution is 0.267. The van der Waals surface area contributed by atoms with Crippen molar-refractivity contribution >= 4 is 0 Å². The van der Waals surface area contributed by atoms with Crippen LogP contribution in [0.25, 0.3) is 0 Å². The molecule has 2 aromatic heterocycles. The smallest absolute Gasteiger partial charge is 0.223 e. The molecule has 0 saturated heterocycles. The molecule has 0 aromatic carbocycles. The Morgan fingerprint density at radius 1 is 1.36 bits per heavy atom. The summed E-state index contributed by atoms with van der Waals surface area (Å²) in [5.41, 5.74) is 0.550. The van der Waals surface area contributed by atoms with Crippen LogP contribution >= 0.6 is 0 Å². The van der Waals surface area contributed by atoms with E-state index < -0.39 is 0 Å². The van der Waals surface area contributed by atoms with Crippen LogP contribution in [0.2, 0.25) is 0 Å². The van der Waals surface area contributed by atoms with Gasteiger partial charge in [-0.25, -0.2) is 0 Å². The minimum Gasteiger partial charge on any atom is -0.503 e. The summed E-state index contributed by atoms with van der Waals surface area (Å²) in [6.07, 6.45) is 5.39. The van der Waals surface area contributed by atoms with Crippen molar-refractivity contribution in [2.45, 2.75) is 39.8 Å². The minimum absolute atomic E-state index is 0.230. The van der Waals surface area contributed by atoms with Crippen molar-refractivity contribution < 1.29 is 9.52 Å². The molecule has 0 fully saturated rings.